The largest absolute Gasteiger partial charge is 0.294 e. The van der Waals surface area contributed by atoms with Gasteiger partial charge in [-0.3, -0.25) is 9.13 Å². The first kappa shape index (κ1) is 21.4. The molecule has 5 aromatic carbocycles. The van der Waals surface area contributed by atoms with Crippen molar-refractivity contribution in [3.8, 4) is 23.0 Å². The molecule has 4 heterocycles. The van der Waals surface area contributed by atoms with E-state index < -0.39 is 0 Å². The van der Waals surface area contributed by atoms with Crippen molar-refractivity contribution < 1.29 is 0 Å². The standard InChI is InChI=1S/C35H21N5/c1-2-9-22(10-3-1)26-18-20-37-35(38-26)40-28-14-8-11-23-16-17-24-21-29-33(34(40)32(24)31(23)28)25-12-4-5-13-27(25)39(29)30-15-6-7-19-36-30/h1-21H. The van der Waals surface area contributed by atoms with Crippen LogP contribution in [0.5, 0.6) is 0 Å². The van der Waals surface area contributed by atoms with Gasteiger partial charge in [0, 0.05) is 39.5 Å². The predicted molar refractivity (Wildman–Crippen MR) is 163 cm³/mol. The van der Waals surface area contributed by atoms with Gasteiger partial charge in [-0.2, -0.15) is 0 Å². The molecular formula is C35H21N5. The second-order valence-electron chi connectivity index (χ2n) is 10.1. The molecule has 0 aliphatic rings. The molecule has 186 valence electrons. The highest BCUT2D eigenvalue weighted by Crippen LogP contribution is 2.45. The summed E-state index contributed by atoms with van der Waals surface area (Å²) in [6, 6.07) is 40.2. The van der Waals surface area contributed by atoms with Gasteiger partial charge in [0.05, 0.1) is 27.8 Å². The van der Waals surface area contributed by atoms with Crippen LogP contribution in [0.1, 0.15) is 0 Å². The van der Waals surface area contributed by atoms with Crippen molar-refractivity contribution >= 4 is 54.4 Å². The van der Waals surface area contributed by atoms with Gasteiger partial charge in [0.1, 0.15) is 5.82 Å². The summed E-state index contributed by atoms with van der Waals surface area (Å²) in [6.45, 7) is 0. The molecule has 0 amide bonds. The van der Waals surface area contributed by atoms with Crippen LogP contribution in [-0.2, 0) is 0 Å². The van der Waals surface area contributed by atoms with Crippen LogP contribution >= 0.6 is 0 Å². The molecule has 0 radical (unpaired) electrons. The van der Waals surface area contributed by atoms with Crippen LogP contribution < -0.4 is 0 Å². The van der Waals surface area contributed by atoms with E-state index in [0.717, 1.165) is 39.1 Å². The van der Waals surface area contributed by atoms with Gasteiger partial charge in [-0.25, -0.2) is 15.0 Å². The van der Waals surface area contributed by atoms with E-state index in [1.807, 2.05) is 48.8 Å². The Hall–Kier alpha value is -5.55. The lowest BCUT2D eigenvalue weighted by atomic mass is 10.00. The number of aromatic nitrogens is 5. The summed E-state index contributed by atoms with van der Waals surface area (Å²) >= 11 is 0. The number of hydrogen-bond donors (Lipinski definition) is 0. The summed E-state index contributed by atoms with van der Waals surface area (Å²) in [4.78, 5) is 14.7. The number of hydrogen-bond acceptors (Lipinski definition) is 3. The lowest BCUT2D eigenvalue weighted by Gasteiger charge is -2.10. The van der Waals surface area contributed by atoms with Crippen molar-refractivity contribution in [1.82, 2.24) is 24.1 Å². The minimum Gasteiger partial charge on any atom is -0.294 e. The van der Waals surface area contributed by atoms with E-state index in [2.05, 4.69) is 88.0 Å². The van der Waals surface area contributed by atoms with Gasteiger partial charge in [-0.15, -0.1) is 0 Å². The molecule has 5 nitrogen and oxygen atoms in total. The number of pyridine rings is 1. The zero-order chi connectivity index (χ0) is 26.2. The highest BCUT2D eigenvalue weighted by Gasteiger charge is 2.24. The molecule has 0 saturated heterocycles. The van der Waals surface area contributed by atoms with Crippen LogP contribution in [0, 0.1) is 0 Å². The summed E-state index contributed by atoms with van der Waals surface area (Å²) < 4.78 is 4.53. The maximum absolute atomic E-state index is 5.13. The van der Waals surface area contributed by atoms with Gasteiger partial charge >= 0.3 is 0 Å². The summed E-state index contributed by atoms with van der Waals surface area (Å²) in [5.74, 6) is 1.55. The molecule has 0 saturated carbocycles. The Bertz CT molecular complexity index is 2370. The highest BCUT2D eigenvalue weighted by atomic mass is 15.2. The van der Waals surface area contributed by atoms with Gasteiger partial charge in [0.25, 0.3) is 0 Å². The lowest BCUT2D eigenvalue weighted by molar-refractivity contribution is 0.995. The third-order valence-electron chi connectivity index (χ3n) is 7.99. The molecule has 0 aliphatic heterocycles. The highest BCUT2D eigenvalue weighted by molar-refractivity contribution is 6.33. The first-order valence-electron chi connectivity index (χ1n) is 13.4. The topological polar surface area (TPSA) is 48.5 Å². The second kappa shape index (κ2) is 7.98. The second-order valence-corrected chi connectivity index (χ2v) is 10.1. The Labute approximate surface area is 228 Å². The van der Waals surface area contributed by atoms with Gasteiger partial charge in [-0.05, 0) is 47.2 Å². The van der Waals surface area contributed by atoms with Gasteiger partial charge in [0.2, 0.25) is 5.95 Å². The number of rotatable bonds is 3. The molecule has 9 aromatic rings. The van der Waals surface area contributed by atoms with E-state index in [0.29, 0.717) is 5.95 Å². The first-order chi connectivity index (χ1) is 19.9. The third kappa shape index (κ3) is 2.83. The van der Waals surface area contributed by atoms with Crippen molar-refractivity contribution in [2.75, 3.05) is 0 Å². The van der Waals surface area contributed by atoms with Crippen molar-refractivity contribution in [1.29, 1.82) is 0 Å². The Balaban J connectivity index is 1.51. The molecular weight excluding hydrogens is 490 g/mol. The van der Waals surface area contributed by atoms with E-state index in [1.54, 1.807) is 0 Å². The fourth-order valence-electron chi connectivity index (χ4n) is 6.37. The van der Waals surface area contributed by atoms with Crippen LogP contribution in [0.2, 0.25) is 0 Å². The fraction of sp³-hybridized carbons (Fsp3) is 0. The number of nitrogens with zero attached hydrogens (tertiary/aromatic N) is 5. The summed E-state index contributed by atoms with van der Waals surface area (Å²) in [6.07, 6.45) is 3.72. The Morgan fingerprint density at radius 1 is 0.500 bits per heavy atom. The average Bonchev–Trinajstić information content (AvgIpc) is 3.54. The van der Waals surface area contributed by atoms with Gasteiger partial charge < -0.3 is 0 Å². The van der Waals surface area contributed by atoms with E-state index in [-0.39, 0.29) is 0 Å². The van der Waals surface area contributed by atoms with Crippen molar-refractivity contribution in [3.05, 3.63) is 128 Å². The maximum Gasteiger partial charge on any atom is 0.235 e. The van der Waals surface area contributed by atoms with E-state index >= 15 is 0 Å². The summed E-state index contributed by atoms with van der Waals surface area (Å²) in [7, 11) is 0. The van der Waals surface area contributed by atoms with Crippen LogP contribution in [0.4, 0.5) is 0 Å². The smallest absolute Gasteiger partial charge is 0.235 e. The molecule has 0 fully saturated rings. The Morgan fingerprint density at radius 3 is 2.23 bits per heavy atom. The zero-order valence-electron chi connectivity index (χ0n) is 21.4. The minimum absolute atomic E-state index is 0.661. The Morgan fingerprint density at radius 2 is 1.32 bits per heavy atom. The van der Waals surface area contributed by atoms with E-state index in [4.69, 9.17) is 15.0 Å². The molecule has 0 N–H and O–H groups in total. The molecule has 0 unspecified atom stereocenters. The average molecular weight is 512 g/mol. The van der Waals surface area contributed by atoms with Gasteiger partial charge in [0.15, 0.2) is 0 Å². The molecule has 0 bridgehead atoms. The van der Waals surface area contributed by atoms with Gasteiger partial charge in [-0.1, -0.05) is 78.9 Å². The molecule has 5 heteroatoms. The zero-order valence-corrected chi connectivity index (χ0v) is 21.4. The maximum atomic E-state index is 5.13. The summed E-state index contributed by atoms with van der Waals surface area (Å²) in [5, 5.41) is 7.21. The molecule has 0 spiro atoms. The minimum atomic E-state index is 0.661. The van der Waals surface area contributed by atoms with Crippen molar-refractivity contribution in [3.63, 3.8) is 0 Å². The van der Waals surface area contributed by atoms with Crippen molar-refractivity contribution in [2.45, 2.75) is 0 Å². The third-order valence-corrected chi connectivity index (χ3v) is 7.99. The van der Waals surface area contributed by atoms with Crippen LogP contribution in [0.3, 0.4) is 0 Å². The SMILES string of the molecule is c1ccc(-c2ccnc(-n3c4cccc5ccc6cc7c(c8ccccc8n7-c7ccccn7)c3c6c54)n2)cc1. The van der Waals surface area contributed by atoms with Crippen LogP contribution in [0.25, 0.3) is 77.4 Å². The first-order valence-corrected chi connectivity index (χ1v) is 13.4. The molecule has 0 atom stereocenters. The number of para-hydroxylation sites is 1. The molecule has 0 aliphatic carbocycles. The quantitative estimate of drug-likeness (QED) is 0.224. The Kier molecular flexibility index (Phi) is 4.27. The normalized spacial score (nSPS) is 12.0. The fourth-order valence-corrected chi connectivity index (χ4v) is 6.37. The van der Waals surface area contributed by atoms with E-state index in [9.17, 15) is 0 Å². The lowest BCUT2D eigenvalue weighted by Crippen LogP contribution is -2.02. The molecule has 40 heavy (non-hydrogen) atoms. The predicted octanol–water partition coefficient (Wildman–Crippen LogP) is 8.32. The molecule has 9 rings (SSSR count). The van der Waals surface area contributed by atoms with Crippen LogP contribution in [0.15, 0.2) is 128 Å². The monoisotopic (exact) mass is 511 g/mol. The van der Waals surface area contributed by atoms with E-state index in [1.165, 1.54) is 32.3 Å². The number of benzene rings is 5. The van der Waals surface area contributed by atoms with Crippen molar-refractivity contribution in [2.24, 2.45) is 0 Å². The summed E-state index contributed by atoms with van der Waals surface area (Å²) in [5.41, 5.74) is 6.41. The molecule has 4 aromatic heterocycles. The number of fused-ring (bicyclic) bond motifs is 4. The van der Waals surface area contributed by atoms with Crippen LogP contribution in [-0.4, -0.2) is 24.1 Å².